The number of urea groups is 1. The van der Waals surface area contributed by atoms with Crippen LogP contribution in [-0.2, 0) is 6.42 Å². The predicted octanol–water partition coefficient (Wildman–Crippen LogP) is 4.31. The Kier molecular flexibility index (Phi) is 5.51. The number of hydrogen-bond donors (Lipinski definition) is 0. The molecule has 2 heterocycles. The summed E-state index contributed by atoms with van der Waals surface area (Å²) in [6, 6.07) is 8.49. The highest BCUT2D eigenvalue weighted by Crippen LogP contribution is 2.14. The maximum Gasteiger partial charge on any atom is 0.346 e. The molecule has 2 aromatic rings. The van der Waals surface area contributed by atoms with Crippen molar-refractivity contribution in [3.63, 3.8) is 0 Å². The molecule has 1 saturated heterocycles. The molecule has 24 heavy (non-hydrogen) atoms. The molecule has 2 amide bonds. The third kappa shape index (κ3) is 3.96. The molecule has 1 aromatic heterocycles. The fraction of sp³-hybridized carbons (Fsp3) is 0.474. The average molecular weight is 343 g/mol. The van der Waals surface area contributed by atoms with Crippen molar-refractivity contribution in [3.8, 4) is 5.69 Å². The first-order valence-electron chi connectivity index (χ1n) is 8.79. The van der Waals surface area contributed by atoms with Crippen LogP contribution in [0.4, 0.5) is 4.79 Å². The number of amides is 2. The first kappa shape index (κ1) is 17.0. The zero-order chi connectivity index (χ0) is 16.9. The Bertz CT molecular complexity index is 752. The predicted molar refractivity (Wildman–Crippen MR) is 98.8 cm³/mol. The molecule has 5 heteroatoms. The number of rotatable bonds is 4. The molecule has 1 fully saturated rings. The molecular formula is C19H25N3OS. The van der Waals surface area contributed by atoms with Crippen LogP contribution in [0.2, 0.25) is 0 Å². The third-order valence-electron chi connectivity index (χ3n) is 4.37. The smallest absolute Gasteiger partial charge is 0.323 e. The topological polar surface area (TPSA) is 37.6 Å². The minimum atomic E-state index is -0.109. The van der Waals surface area contributed by atoms with Gasteiger partial charge in [0.05, 0.1) is 0 Å². The Morgan fingerprint density at radius 1 is 1.21 bits per heavy atom. The maximum atomic E-state index is 12.3. The van der Waals surface area contributed by atoms with E-state index in [1.807, 2.05) is 9.47 Å². The Labute approximate surface area is 147 Å². The van der Waals surface area contributed by atoms with E-state index in [0.29, 0.717) is 0 Å². The zero-order valence-corrected chi connectivity index (χ0v) is 15.3. The van der Waals surface area contributed by atoms with Gasteiger partial charge in [0, 0.05) is 29.9 Å². The van der Waals surface area contributed by atoms with Crippen molar-refractivity contribution in [3.05, 3.63) is 45.7 Å². The van der Waals surface area contributed by atoms with Crippen molar-refractivity contribution in [1.82, 2.24) is 9.47 Å². The number of thiazole rings is 1. The summed E-state index contributed by atoms with van der Waals surface area (Å²) in [6.07, 6.45) is 7.78. The number of aromatic nitrogens is 1. The van der Waals surface area contributed by atoms with E-state index < -0.39 is 0 Å². The molecule has 4 nitrogen and oxygen atoms in total. The molecule has 0 saturated carbocycles. The second-order valence-corrected chi connectivity index (χ2v) is 7.57. The molecule has 0 atom stereocenters. The summed E-state index contributed by atoms with van der Waals surface area (Å²) in [6.45, 7) is 5.93. The van der Waals surface area contributed by atoms with Crippen LogP contribution in [0, 0.1) is 6.92 Å². The Morgan fingerprint density at radius 3 is 2.58 bits per heavy atom. The van der Waals surface area contributed by atoms with Crippen molar-refractivity contribution in [2.24, 2.45) is 4.99 Å². The minimum Gasteiger partial charge on any atom is -0.323 e. The molecule has 0 spiro atoms. The van der Waals surface area contributed by atoms with Gasteiger partial charge in [-0.05, 0) is 50.3 Å². The lowest BCUT2D eigenvalue weighted by molar-refractivity contribution is 0.218. The van der Waals surface area contributed by atoms with Gasteiger partial charge in [-0.2, -0.15) is 4.99 Å². The van der Waals surface area contributed by atoms with E-state index in [4.69, 9.17) is 0 Å². The van der Waals surface area contributed by atoms with Gasteiger partial charge >= 0.3 is 6.03 Å². The molecule has 128 valence electrons. The SMILES string of the molecule is CCCCc1ccc(-n2cc(C)s/c2=N\C(=O)N2CCCC2)cc1. The van der Waals surface area contributed by atoms with Crippen LogP contribution in [-0.4, -0.2) is 28.6 Å². The van der Waals surface area contributed by atoms with Crippen molar-refractivity contribution < 1.29 is 4.79 Å². The number of hydrogen-bond acceptors (Lipinski definition) is 2. The van der Waals surface area contributed by atoms with Crippen LogP contribution >= 0.6 is 11.3 Å². The number of unbranched alkanes of at least 4 members (excludes halogenated alkanes) is 1. The van der Waals surface area contributed by atoms with Crippen molar-refractivity contribution in [2.75, 3.05) is 13.1 Å². The van der Waals surface area contributed by atoms with Crippen molar-refractivity contribution >= 4 is 17.4 Å². The molecule has 0 N–H and O–H groups in total. The zero-order valence-electron chi connectivity index (χ0n) is 14.5. The molecular weight excluding hydrogens is 318 g/mol. The fourth-order valence-corrected chi connectivity index (χ4v) is 3.81. The van der Waals surface area contributed by atoms with Gasteiger partial charge < -0.3 is 4.90 Å². The molecule has 1 aliphatic rings. The molecule has 0 aliphatic carbocycles. The summed E-state index contributed by atoms with van der Waals surface area (Å²) >= 11 is 1.56. The molecule has 3 rings (SSSR count). The van der Waals surface area contributed by atoms with Gasteiger partial charge in [0.2, 0.25) is 0 Å². The lowest BCUT2D eigenvalue weighted by atomic mass is 10.1. The van der Waals surface area contributed by atoms with E-state index in [2.05, 4.69) is 49.3 Å². The highest BCUT2D eigenvalue weighted by molar-refractivity contribution is 7.09. The molecule has 1 aromatic carbocycles. The van der Waals surface area contributed by atoms with E-state index in [1.165, 1.54) is 18.4 Å². The van der Waals surface area contributed by atoms with Crippen LogP contribution in [0.15, 0.2) is 35.5 Å². The second-order valence-electron chi connectivity index (χ2n) is 6.35. The summed E-state index contributed by atoms with van der Waals surface area (Å²) in [4.78, 5) is 20.5. The number of nitrogens with zero attached hydrogens (tertiary/aromatic N) is 3. The molecule has 1 aliphatic heterocycles. The average Bonchev–Trinajstić information content (AvgIpc) is 3.23. The maximum absolute atomic E-state index is 12.3. The molecule has 0 bridgehead atoms. The van der Waals surface area contributed by atoms with Gasteiger partial charge in [-0.25, -0.2) is 4.79 Å². The van der Waals surface area contributed by atoms with E-state index in [9.17, 15) is 4.79 Å². The first-order valence-corrected chi connectivity index (χ1v) is 9.61. The van der Waals surface area contributed by atoms with Gasteiger partial charge in [0.1, 0.15) is 0 Å². The van der Waals surface area contributed by atoms with E-state index >= 15 is 0 Å². The number of carbonyl (C=O) groups excluding carboxylic acids is 1. The number of carbonyl (C=O) groups is 1. The quantitative estimate of drug-likeness (QED) is 0.815. The van der Waals surface area contributed by atoms with Gasteiger partial charge in [0.15, 0.2) is 4.80 Å². The number of likely N-dealkylation sites (tertiary alicyclic amines) is 1. The lowest BCUT2D eigenvalue weighted by Gasteiger charge is -2.10. The summed E-state index contributed by atoms with van der Waals surface area (Å²) in [5.41, 5.74) is 2.42. The van der Waals surface area contributed by atoms with Gasteiger partial charge in [-0.1, -0.05) is 25.5 Å². The largest absolute Gasteiger partial charge is 0.346 e. The Morgan fingerprint density at radius 2 is 1.92 bits per heavy atom. The summed E-state index contributed by atoms with van der Waals surface area (Å²) in [7, 11) is 0. The molecule has 0 unspecified atom stereocenters. The summed E-state index contributed by atoms with van der Waals surface area (Å²) < 4.78 is 2.03. The van der Waals surface area contributed by atoms with Crippen LogP contribution in [0.25, 0.3) is 5.69 Å². The van der Waals surface area contributed by atoms with E-state index in [1.54, 1.807) is 11.3 Å². The normalized spacial score (nSPS) is 15.2. The van der Waals surface area contributed by atoms with Gasteiger partial charge in [0.25, 0.3) is 0 Å². The number of aryl methyl sites for hydroxylation is 2. The second kappa shape index (κ2) is 7.79. The van der Waals surface area contributed by atoms with Gasteiger partial charge in [-0.3, -0.25) is 4.57 Å². The van der Waals surface area contributed by atoms with Crippen LogP contribution in [0.1, 0.15) is 43.0 Å². The van der Waals surface area contributed by atoms with Crippen molar-refractivity contribution in [2.45, 2.75) is 46.0 Å². The monoisotopic (exact) mass is 343 g/mol. The standard InChI is InChI=1S/C19H25N3OS/c1-3-4-7-16-8-10-17(11-9-16)22-14-15(2)24-19(22)20-18(23)21-12-5-6-13-21/h8-11,14H,3-7,12-13H2,1-2H3/b20-19-. The first-order chi connectivity index (χ1) is 11.7. The highest BCUT2D eigenvalue weighted by atomic mass is 32.1. The minimum absolute atomic E-state index is 0.109. The summed E-state index contributed by atoms with van der Waals surface area (Å²) in [5.74, 6) is 0. The Balaban J connectivity index is 1.87. The third-order valence-corrected chi connectivity index (χ3v) is 5.27. The van der Waals surface area contributed by atoms with Crippen LogP contribution in [0.5, 0.6) is 0 Å². The molecule has 0 radical (unpaired) electrons. The lowest BCUT2D eigenvalue weighted by Crippen LogP contribution is -2.27. The van der Waals surface area contributed by atoms with Crippen LogP contribution in [0.3, 0.4) is 0 Å². The summed E-state index contributed by atoms with van der Waals surface area (Å²) in [5, 5.41) is 0. The number of benzene rings is 1. The fourth-order valence-electron chi connectivity index (χ4n) is 2.98. The van der Waals surface area contributed by atoms with E-state index in [0.717, 1.165) is 47.7 Å². The Hall–Kier alpha value is -1.88. The van der Waals surface area contributed by atoms with Crippen LogP contribution < -0.4 is 4.80 Å². The van der Waals surface area contributed by atoms with E-state index in [-0.39, 0.29) is 6.03 Å². The van der Waals surface area contributed by atoms with Gasteiger partial charge in [-0.15, -0.1) is 11.3 Å². The highest BCUT2D eigenvalue weighted by Gasteiger charge is 2.17. The van der Waals surface area contributed by atoms with Crippen molar-refractivity contribution in [1.29, 1.82) is 0 Å².